The molecule has 5 heterocycles. The van der Waals surface area contributed by atoms with E-state index < -0.39 is 49.1 Å². The second kappa shape index (κ2) is 11.0. The van der Waals surface area contributed by atoms with E-state index in [1.165, 1.54) is 22.9 Å². The summed E-state index contributed by atoms with van der Waals surface area (Å²) in [6.45, 7) is -0.926. The van der Waals surface area contributed by atoms with Crippen LogP contribution in [0.4, 0.5) is 0 Å². The summed E-state index contributed by atoms with van der Waals surface area (Å²) < 4.78 is 7.34. The van der Waals surface area contributed by atoms with E-state index in [0.717, 1.165) is 5.01 Å². The molecule has 2 aliphatic rings. The lowest BCUT2D eigenvalue weighted by Gasteiger charge is -2.41. The van der Waals surface area contributed by atoms with Crippen LogP contribution in [-0.2, 0) is 17.9 Å². The van der Waals surface area contributed by atoms with Gasteiger partial charge in [-0.1, -0.05) is 30.3 Å². The molecule has 5 atom stereocenters. The maximum atomic E-state index is 14.4. The Labute approximate surface area is 269 Å². The van der Waals surface area contributed by atoms with Crippen LogP contribution in [0.3, 0.4) is 0 Å². The molecule has 246 valence electrons. The Morgan fingerprint density at radius 2 is 1.52 bits per heavy atom. The monoisotopic (exact) mass is 655 g/mol. The number of fused-ring (bicyclic) bond motifs is 10. The van der Waals surface area contributed by atoms with Crippen LogP contribution in [0.2, 0.25) is 0 Å². The molecule has 15 nitrogen and oxygen atoms in total. The molecule has 0 aliphatic carbocycles. The van der Waals surface area contributed by atoms with Crippen LogP contribution < -0.4 is 5.43 Å². The van der Waals surface area contributed by atoms with Crippen LogP contribution >= 0.6 is 0 Å². The number of H-pyrrole nitrogens is 1. The highest BCUT2D eigenvalue weighted by molar-refractivity contribution is 6.39. The number of phenols is 2. The Morgan fingerprint density at radius 1 is 0.812 bits per heavy atom. The van der Waals surface area contributed by atoms with Gasteiger partial charge in [0.05, 0.1) is 52.1 Å². The van der Waals surface area contributed by atoms with Crippen LogP contribution in [0.1, 0.15) is 38.2 Å². The first-order chi connectivity index (χ1) is 23.2. The first-order valence-corrected chi connectivity index (χ1v) is 15.1. The van der Waals surface area contributed by atoms with E-state index in [1.807, 2.05) is 0 Å². The third kappa shape index (κ3) is 4.10. The average Bonchev–Trinajstić information content (AvgIpc) is 3.72. The third-order valence-corrected chi connectivity index (χ3v) is 9.25. The first-order valence-electron chi connectivity index (χ1n) is 15.1. The van der Waals surface area contributed by atoms with Gasteiger partial charge in [0, 0.05) is 34.3 Å². The molecule has 3 aromatic carbocycles. The largest absolute Gasteiger partial charge is 0.506 e. The van der Waals surface area contributed by atoms with Crippen molar-refractivity contribution in [2.24, 2.45) is 0 Å². The summed E-state index contributed by atoms with van der Waals surface area (Å²) in [5.74, 6) is -1.82. The van der Waals surface area contributed by atoms with Crippen LogP contribution in [-0.4, -0.2) is 98.1 Å². The number of rotatable bonds is 6. The van der Waals surface area contributed by atoms with Gasteiger partial charge in [-0.25, -0.2) is 10.4 Å². The van der Waals surface area contributed by atoms with Crippen LogP contribution in [0, 0.1) is 0 Å². The predicted octanol–water partition coefficient (Wildman–Crippen LogP) is 1.00. The molecule has 0 saturated carbocycles. The number of aromatic nitrogens is 3. The Hall–Kier alpha value is -5.13. The van der Waals surface area contributed by atoms with Gasteiger partial charge < -0.3 is 50.0 Å². The summed E-state index contributed by atoms with van der Waals surface area (Å²) in [4.78, 5) is 35.9. The number of nitrogens with one attached hydrogen (secondary N) is 2. The maximum Gasteiger partial charge on any atom is 0.276 e. The number of hydrogen-bond donors (Lipinski definition) is 9. The van der Waals surface area contributed by atoms with Gasteiger partial charge in [0.1, 0.15) is 35.9 Å². The number of hydrogen-bond acceptors (Lipinski definition) is 12. The van der Waals surface area contributed by atoms with E-state index >= 15 is 0 Å². The molecule has 9 N–H and O–H groups in total. The number of nitrogens with zero attached hydrogens (tertiary/aromatic N) is 3. The van der Waals surface area contributed by atoms with Crippen molar-refractivity contribution in [1.29, 1.82) is 0 Å². The average molecular weight is 656 g/mol. The minimum absolute atomic E-state index is 0.0214. The van der Waals surface area contributed by atoms with E-state index in [4.69, 9.17) is 4.74 Å². The van der Waals surface area contributed by atoms with Gasteiger partial charge in [0.15, 0.2) is 6.23 Å². The summed E-state index contributed by atoms with van der Waals surface area (Å²) in [7, 11) is 0. The van der Waals surface area contributed by atoms with E-state index in [2.05, 4.69) is 15.4 Å². The van der Waals surface area contributed by atoms with Crippen molar-refractivity contribution >= 4 is 55.4 Å². The summed E-state index contributed by atoms with van der Waals surface area (Å²) in [6, 6.07) is 12.6. The number of para-hydroxylation sites is 2. The fraction of sp³-hybridized carbons (Fsp3) is 0.242. The number of aliphatic hydroxyl groups excluding tert-OH is 5. The molecule has 15 heteroatoms. The molecule has 2 aliphatic heterocycles. The van der Waals surface area contributed by atoms with Crippen molar-refractivity contribution in [3.05, 3.63) is 77.1 Å². The van der Waals surface area contributed by atoms with Gasteiger partial charge in [-0.3, -0.25) is 14.6 Å². The smallest absolute Gasteiger partial charge is 0.276 e. The van der Waals surface area contributed by atoms with E-state index in [1.54, 1.807) is 36.4 Å². The lowest BCUT2D eigenvalue weighted by molar-refractivity contribution is -0.249. The highest BCUT2D eigenvalue weighted by Crippen LogP contribution is 2.49. The third-order valence-electron chi connectivity index (χ3n) is 9.25. The minimum atomic E-state index is -1.77. The zero-order valence-corrected chi connectivity index (χ0v) is 24.9. The van der Waals surface area contributed by atoms with Crippen molar-refractivity contribution in [2.45, 2.75) is 43.8 Å². The molecule has 8 rings (SSSR count). The molecule has 0 bridgehead atoms. The second-order valence-electron chi connectivity index (χ2n) is 11.9. The molecular formula is C33H29N5O10. The standard InChI is InChI=1S/C33H29N5O10/c39-11-14-8-7-13(9-34-14)10-35-38-31(46)22-20-15-3-1-5-17(41)24(15)36-25(20)27-21(23(22)32(38)47)16-4-2-6-18(42)26(16)37(27)33-30(45)29(44)28(43)19(12-40)48-33/h1-9,19,28-30,33,35-36,39-45H,10-12H2/t19-,28-,29+,30-,33-/m1/s1. The number of aliphatic hydroxyl groups is 5. The SMILES string of the molecule is O=C1c2c(c3c4cccc(O)c4n([C@@H]4O[C@H](CO)[C@@H](O)[C@H](O)[C@H]4O)c3c3[nH]c4c(O)cccc4c23)C(=O)N1NCc1ccc(CO)nc1. The number of aromatic amines is 1. The fourth-order valence-corrected chi connectivity index (χ4v) is 6.99. The summed E-state index contributed by atoms with van der Waals surface area (Å²) >= 11 is 0. The van der Waals surface area contributed by atoms with Crippen LogP contribution in [0.5, 0.6) is 11.5 Å². The zero-order chi connectivity index (χ0) is 33.6. The number of imide groups is 1. The first kappa shape index (κ1) is 30.2. The molecule has 1 fully saturated rings. The van der Waals surface area contributed by atoms with Crippen molar-refractivity contribution in [3.63, 3.8) is 0 Å². The number of ether oxygens (including phenoxy) is 1. The van der Waals surface area contributed by atoms with Crippen LogP contribution in [0.25, 0.3) is 43.6 Å². The second-order valence-corrected chi connectivity index (χ2v) is 11.9. The number of carbonyl (C=O) groups is 2. The lowest BCUT2D eigenvalue weighted by atomic mass is 9.96. The Balaban J connectivity index is 1.43. The minimum Gasteiger partial charge on any atom is -0.506 e. The number of aromatic hydroxyl groups is 2. The quantitative estimate of drug-likeness (QED) is 0.114. The fourth-order valence-electron chi connectivity index (χ4n) is 6.99. The molecular weight excluding hydrogens is 626 g/mol. The molecule has 0 spiro atoms. The van der Waals surface area contributed by atoms with Gasteiger partial charge in [0.25, 0.3) is 11.8 Å². The predicted molar refractivity (Wildman–Crippen MR) is 169 cm³/mol. The Morgan fingerprint density at radius 3 is 2.21 bits per heavy atom. The highest BCUT2D eigenvalue weighted by Gasteiger charge is 2.47. The molecule has 0 unspecified atom stereocenters. The summed E-state index contributed by atoms with van der Waals surface area (Å²) in [5.41, 5.74) is 4.73. The summed E-state index contributed by atoms with van der Waals surface area (Å²) in [6.07, 6.45) is -6.50. The van der Waals surface area contributed by atoms with Crippen molar-refractivity contribution in [1.82, 2.24) is 25.0 Å². The van der Waals surface area contributed by atoms with Gasteiger partial charge in [-0.05, 0) is 23.8 Å². The normalized spacial score (nSPS) is 22.9. The maximum absolute atomic E-state index is 14.4. The van der Waals surface area contributed by atoms with E-state index in [0.29, 0.717) is 22.0 Å². The summed E-state index contributed by atoms with van der Waals surface area (Å²) in [5, 5.41) is 76.0. The number of pyridine rings is 1. The van der Waals surface area contributed by atoms with Gasteiger partial charge in [0.2, 0.25) is 0 Å². The number of benzene rings is 3. The van der Waals surface area contributed by atoms with Gasteiger partial charge >= 0.3 is 0 Å². The molecule has 6 aromatic rings. The van der Waals surface area contributed by atoms with E-state index in [9.17, 15) is 45.3 Å². The molecule has 2 amide bonds. The topological polar surface area (TPSA) is 234 Å². The Kier molecular flexibility index (Phi) is 6.90. The molecule has 1 saturated heterocycles. The molecule has 0 radical (unpaired) electrons. The molecule has 48 heavy (non-hydrogen) atoms. The van der Waals surface area contributed by atoms with Crippen molar-refractivity contribution in [2.75, 3.05) is 6.61 Å². The zero-order valence-electron chi connectivity index (χ0n) is 24.9. The molecule has 3 aromatic heterocycles. The van der Waals surface area contributed by atoms with Gasteiger partial charge in [-0.15, -0.1) is 0 Å². The number of carbonyl (C=O) groups excluding carboxylic acids is 2. The number of hydrazine groups is 1. The number of amides is 2. The number of phenolic OH excluding ortho intramolecular Hbond substituents is 2. The Bertz CT molecular complexity index is 2300. The highest BCUT2D eigenvalue weighted by atomic mass is 16.6. The van der Waals surface area contributed by atoms with Crippen molar-refractivity contribution in [3.8, 4) is 11.5 Å². The lowest BCUT2D eigenvalue weighted by Crippen LogP contribution is -2.56. The van der Waals surface area contributed by atoms with E-state index in [-0.39, 0.29) is 68.6 Å². The van der Waals surface area contributed by atoms with Gasteiger partial charge in [-0.2, -0.15) is 0 Å². The van der Waals surface area contributed by atoms with Crippen LogP contribution in [0.15, 0.2) is 54.7 Å². The van der Waals surface area contributed by atoms with Crippen molar-refractivity contribution < 1.29 is 50.1 Å².